The quantitative estimate of drug-likeness (QED) is 0.168. The lowest BCUT2D eigenvalue weighted by Crippen LogP contribution is -2.68. The summed E-state index contributed by atoms with van der Waals surface area (Å²) in [6, 6.07) is -1.11. The first-order valence-corrected chi connectivity index (χ1v) is 8.79. The van der Waals surface area contributed by atoms with Gasteiger partial charge in [0.15, 0.2) is 0 Å². The van der Waals surface area contributed by atoms with Gasteiger partial charge in [0.2, 0.25) is 0 Å². The fourth-order valence-electron chi connectivity index (χ4n) is 2.95. The van der Waals surface area contributed by atoms with Crippen LogP contribution in [0.15, 0.2) is 11.6 Å². The summed E-state index contributed by atoms with van der Waals surface area (Å²) in [5, 5.41) is 61.9. The van der Waals surface area contributed by atoms with Crippen molar-refractivity contribution < 1.29 is 44.9 Å². The molecule has 0 aromatic carbocycles. The molecular weight excluding hydrogens is 362 g/mol. The lowest BCUT2D eigenvalue weighted by molar-refractivity contribution is -0.306. The van der Waals surface area contributed by atoms with Crippen LogP contribution >= 0.6 is 0 Å². The smallest absolute Gasteiger partial charge is 0.364 e. The average Bonchev–Trinajstić information content (AvgIpc) is 2.65. The van der Waals surface area contributed by atoms with E-state index in [-0.39, 0.29) is 0 Å². The Labute approximate surface area is 158 Å². The van der Waals surface area contributed by atoms with Crippen molar-refractivity contribution in [3.05, 3.63) is 11.6 Å². The number of allylic oxidation sites excluding steroid dienone is 2. The number of carbonyl (C=O) groups is 1. The molecule has 1 saturated heterocycles. The second kappa shape index (κ2) is 10.4. The minimum atomic E-state index is -2.23. The summed E-state index contributed by atoms with van der Waals surface area (Å²) in [6.45, 7) is 2.96. The predicted molar refractivity (Wildman–Crippen MR) is 93.6 cm³/mol. The van der Waals surface area contributed by atoms with Gasteiger partial charge in [0.05, 0.1) is 18.8 Å². The van der Waals surface area contributed by atoms with Crippen molar-refractivity contribution in [2.45, 2.75) is 75.6 Å². The summed E-state index contributed by atoms with van der Waals surface area (Å²) in [7, 11) is 1.08. The highest BCUT2D eigenvalue weighted by Gasteiger charge is 2.55. The van der Waals surface area contributed by atoms with E-state index in [0.717, 1.165) is 12.7 Å². The number of rotatable bonds is 10. The number of hydrogen-bond acceptors (Lipinski definition) is 9. The van der Waals surface area contributed by atoms with Crippen LogP contribution < -0.4 is 5.32 Å². The Hall–Kier alpha value is -1.11. The number of aliphatic carboxylic acids is 1. The van der Waals surface area contributed by atoms with E-state index in [0.29, 0.717) is 12.8 Å². The number of nitrogens with one attached hydrogen (secondary N) is 1. The summed E-state index contributed by atoms with van der Waals surface area (Å²) in [4.78, 5) is 11.6. The molecule has 0 saturated carbocycles. The average molecular weight is 393 g/mol. The first-order valence-electron chi connectivity index (χ1n) is 8.79. The Morgan fingerprint density at radius 2 is 2.04 bits per heavy atom. The highest BCUT2D eigenvalue weighted by molar-refractivity contribution is 5.76. The van der Waals surface area contributed by atoms with Crippen molar-refractivity contribution in [1.82, 2.24) is 5.32 Å². The molecule has 0 amide bonds. The molecule has 1 aliphatic heterocycles. The van der Waals surface area contributed by atoms with Gasteiger partial charge in [-0.2, -0.15) is 0 Å². The van der Waals surface area contributed by atoms with Crippen molar-refractivity contribution >= 4 is 5.97 Å². The van der Waals surface area contributed by atoms with Crippen molar-refractivity contribution in [2.75, 3.05) is 13.7 Å². The van der Waals surface area contributed by atoms with Gasteiger partial charge in [-0.1, -0.05) is 11.6 Å². The molecule has 0 radical (unpaired) electrons. The Morgan fingerprint density at radius 1 is 1.41 bits per heavy atom. The van der Waals surface area contributed by atoms with E-state index in [2.05, 4.69) is 5.32 Å². The van der Waals surface area contributed by atoms with E-state index in [1.807, 2.05) is 19.9 Å². The van der Waals surface area contributed by atoms with Gasteiger partial charge in [-0.15, -0.1) is 0 Å². The third kappa shape index (κ3) is 5.93. The van der Waals surface area contributed by atoms with E-state index < -0.39 is 61.5 Å². The molecule has 0 aliphatic carbocycles. The molecule has 1 aliphatic rings. The predicted octanol–water partition coefficient (Wildman–Crippen LogP) is -1.70. The van der Waals surface area contributed by atoms with Gasteiger partial charge in [0, 0.05) is 13.5 Å². The van der Waals surface area contributed by atoms with Crippen LogP contribution in [-0.4, -0.2) is 92.8 Å². The summed E-state index contributed by atoms with van der Waals surface area (Å²) in [5.74, 6) is -3.74. The zero-order valence-corrected chi connectivity index (χ0v) is 15.8. The number of carboxylic acid groups (broad SMARTS) is 1. The maximum atomic E-state index is 11.6. The molecule has 1 heterocycles. The number of aliphatic hydroxyl groups is 5. The minimum Gasteiger partial charge on any atom is -0.477 e. The van der Waals surface area contributed by atoms with Gasteiger partial charge >= 0.3 is 5.97 Å². The molecule has 1 fully saturated rings. The molecule has 158 valence electrons. The van der Waals surface area contributed by atoms with Crippen LogP contribution in [0.5, 0.6) is 0 Å². The fourth-order valence-corrected chi connectivity index (χ4v) is 2.95. The Balaban J connectivity index is 3.03. The molecule has 0 aromatic heterocycles. The van der Waals surface area contributed by atoms with Gasteiger partial charge in [0.1, 0.15) is 24.5 Å². The molecule has 10 nitrogen and oxygen atoms in total. The van der Waals surface area contributed by atoms with Gasteiger partial charge in [-0.05, 0) is 26.7 Å². The largest absolute Gasteiger partial charge is 0.477 e. The van der Waals surface area contributed by atoms with Crippen LogP contribution in [0.2, 0.25) is 0 Å². The van der Waals surface area contributed by atoms with Crippen LogP contribution in [0.25, 0.3) is 0 Å². The second-order valence-corrected chi connectivity index (χ2v) is 6.74. The SMILES string of the molecule is C/C=C(\C)CCC(O)N[C@H]1C([C@H](O)[C@H](O)CO)O[C@@](OC)(C(=O)O)C[C@H]1O. The maximum absolute atomic E-state index is 11.6. The van der Waals surface area contributed by atoms with Crippen molar-refractivity contribution in [3.8, 4) is 0 Å². The summed E-state index contributed by atoms with van der Waals surface area (Å²) in [5.41, 5.74) is 1.05. The highest BCUT2D eigenvalue weighted by Crippen LogP contribution is 2.33. The molecule has 7 N–H and O–H groups in total. The van der Waals surface area contributed by atoms with Gasteiger partial charge in [0.25, 0.3) is 5.79 Å². The Bertz CT molecular complexity index is 515. The molecule has 0 aromatic rings. The van der Waals surface area contributed by atoms with E-state index in [1.165, 1.54) is 0 Å². The van der Waals surface area contributed by atoms with Crippen LogP contribution in [0.3, 0.4) is 0 Å². The van der Waals surface area contributed by atoms with Crippen LogP contribution in [0, 0.1) is 0 Å². The van der Waals surface area contributed by atoms with E-state index >= 15 is 0 Å². The normalized spacial score (nSPS) is 32.7. The number of aliphatic hydroxyl groups excluding tert-OH is 5. The van der Waals surface area contributed by atoms with Crippen LogP contribution in [0.4, 0.5) is 0 Å². The monoisotopic (exact) mass is 393 g/mol. The van der Waals surface area contributed by atoms with Crippen molar-refractivity contribution in [1.29, 1.82) is 0 Å². The summed E-state index contributed by atoms with van der Waals surface area (Å²) >= 11 is 0. The lowest BCUT2D eigenvalue weighted by Gasteiger charge is -2.46. The Kier molecular flexibility index (Phi) is 9.25. The first-order chi connectivity index (χ1) is 12.6. The molecule has 27 heavy (non-hydrogen) atoms. The molecule has 0 spiro atoms. The fraction of sp³-hybridized carbons (Fsp3) is 0.824. The first kappa shape index (κ1) is 23.9. The van der Waals surface area contributed by atoms with Crippen LogP contribution in [0.1, 0.15) is 33.1 Å². The zero-order valence-electron chi connectivity index (χ0n) is 15.8. The molecular formula is C17H31NO9. The van der Waals surface area contributed by atoms with Gasteiger partial charge in [-0.25, -0.2) is 4.79 Å². The van der Waals surface area contributed by atoms with E-state index in [4.69, 9.17) is 14.6 Å². The summed E-state index contributed by atoms with van der Waals surface area (Å²) < 4.78 is 10.3. The zero-order chi connectivity index (χ0) is 20.8. The molecule has 2 unspecified atom stereocenters. The molecule has 0 bridgehead atoms. The van der Waals surface area contributed by atoms with Crippen molar-refractivity contribution in [3.63, 3.8) is 0 Å². The minimum absolute atomic E-state index is 0.305. The number of hydrogen-bond donors (Lipinski definition) is 7. The molecule has 7 atom stereocenters. The second-order valence-electron chi connectivity index (χ2n) is 6.74. The van der Waals surface area contributed by atoms with Gasteiger partial charge in [-0.3, -0.25) is 5.32 Å². The third-order valence-electron chi connectivity index (χ3n) is 4.84. The van der Waals surface area contributed by atoms with E-state index in [9.17, 15) is 30.3 Å². The summed E-state index contributed by atoms with van der Waals surface area (Å²) in [6.07, 6.45) is -4.98. The third-order valence-corrected chi connectivity index (χ3v) is 4.84. The highest BCUT2D eigenvalue weighted by atomic mass is 16.7. The van der Waals surface area contributed by atoms with E-state index in [1.54, 1.807) is 0 Å². The standard InChI is InChI=1S/C17H31NO9/c1-4-9(2)5-6-12(22)18-13-10(20)7-17(26-3,16(24)25)27-15(13)14(23)11(21)8-19/h4,10-15,18-23H,5-8H2,1-3H3,(H,24,25)/b9-4+/t10-,11-,12?,13-,14-,15?,17-/m1/s1. The molecule has 1 rings (SSSR count). The number of ether oxygens (including phenoxy) is 2. The Morgan fingerprint density at radius 3 is 2.52 bits per heavy atom. The van der Waals surface area contributed by atoms with Crippen molar-refractivity contribution in [2.24, 2.45) is 0 Å². The number of methoxy groups -OCH3 is 1. The van der Waals surface area contributed by atoms with Crippen LogP contribution in [-0.2, 0) is 14.3 Å². The topological polar surface area (TPSA) is 169 Å². The maximum Gasteiger partial charge on any atom is 0.364 e. The van der Waals surface area contributed by atoms with Gasteiger partial charge < -0.3 is 40.1 Å². The lowest BCUT2D eigenvalue weighted by atomic mass is 9.88. The number of carboxylic acids is 1. The molecule has 10 heteroatoms.